The SMILES string of the molecule is O=C(N[C@@H](Cc1ccc(O)cc1)C(=O)O)c1ccc2c(c1)c(=O)n(-c1ccccc1)n2-c1ccccc1. The van der Waals surface area contributed by atoms with E-state index < -0.39 is 17.9 Å². The molecule has 8 heteroatoms. The molecule has 0 aliphatic carbocycles. The Kier molecular flexibility index (Phi) is 6.30. The van der Waals surface area contributed by atoms with Crippen molar-refractivity contribution in [3.8, 4) is 17.1 Å². The van der Waals surface area contributed by atoms with E-state index in [9.17, 15) is 24.6 Å². The molecule has 5 rings (SSSR count). The lowest BCUT2D eigenvalue weighted by Crippen LogP contribution is -2.42. The van der Waals surface area contributed by atoms with Crippen molar-refractivity contribution in [1.82, 2.24) is 14.7 Å². The minimum atomic E-state index is -1.19. The summed E-state index contributed by atoms with van der Waals surface area (Å²) in [5.41, 5.74) is 2.56. The van der Waals surface area contributed by atoms with Crippen LogP contribution in [0.2, 0.25) is 0 Å². The summed E-state index contributed by atoms with van der Waals surface area (Å²) >= 11 is 0. The number of aliphatic carboxylic acids is 1. The van der Waals surface area contributed by atoms with Gasteiger partial charge in [-0.05, 0) is 60.2 Å². The van der Waals surface area contributed by atoms with E-state index in [1.165, 1.54) is 18.2 Å². The average Bonchev–Trinajstić information content (AvgIpc) is 3.22. The number of carbonyl (C=O) groups excluding carboxylic acids is 1. The van der Waals surface area contributed by atoms with Gasteiger partial charge in [0, 0.05) is 12.0 Å². The van der Waals surface area contributed by atoms with Crippen molar-refractivity contribution in [1.29, 1.82) is 0 Å². The highest BCUT2D eigenvalue weighted by molar-refractivity contribution is 6.00. The van der Waals surface area contributed by atoms with E-state index in [0.717, 1.165) is 5.69 Å². The molecule has 0 aliphatic rings. The summed E-state index contributed by atoms with van der Waals surface area (Å²) in [4.78, 5) is 38.5. The largest absolute Gasteiger partial charge is 0.508 e. The average molecular weight is 494 g/mol. The van der Waals surface area contributed by atoms with E-state index in [4.69, 9.17) is 0 Å². The van der Waals surface area contributed by atoms with E-state index in [1.807, 2.05) is 60.7 Å². The highest BCUT2D eigenvalue weighted by Crippen LogP contribution is 2.22. The van der Waals surface area contributed by atoms with E-state index in [-0.39, 0.29) is 23.3 Å². The number of rotatable bonds is 7. The van der Waals surface area contributed by atoms with E-state index in [0.29, 0.717) is 22.2 Å². The van der Waals surface area contributed by atoms with Gasteiger partial charge in [0.15, 0.2) is 0 Å². The highest BCUT2D eigenvalue weighted by atomic mass is 16.4. The van der Waals surface area contributed by atoms with Gasteiger partial charge in [-0.3, -0.25) is 9.59 Å². The maximum absolute atomic E-state index is 13.6. The zero-order valence-corrected chi connectivity index (χ0v) is 19.6. The number of benzene rings is 4. The number of nitrogens with zero attached hydrogens (tertiary/aromatic N) is 2. The molecule has 4 aromatic carbocycles. The van der Waals surface area contributed by atoms with Crippen molar-refractivity contribution in [3.05, 3.63) is 125 Å². The van der Waals surface area contributed by atoms with Crippen LogP contribution in [-0.2, 0) is 11.2 Å². The fourth-order valence-electron chi connectivity index (χ4n) is 4.28. The molecular weight excluding hydrogens is 470 g/mol. The lowest BCUT2D eigenvalue weighted by Gasteiger charge is -2.15. The van der Waals surface area contributed by atoms with Gasteiger partial charge >= 0.3 is 5.97 Å². The summed E-state index contributed by atoms with van der Waals surface area (Å²) < 4.78 is 3.34. The van der Waals surface area contributed by atoms with Crippen LogP contribution in [0.4, 0.5) is 0 Å². The van der Waals surface area contributed by atoms with Gasteiger partial charge in [0.05, 0.1) is 22.3 Å². The Bertz CT molecular complexity index is 1640. The number of carbonyl (C=O) groups is 2. The summed E-state index contributed by atoms with van der Waals surface area (Å²) in [5.74, 6) is -1.73. The van der Waals surface area contributed by atoms with Crippen LogP contribution in [0.1, 0.15) is 15.9 Å². The molecule has 184 valence electrons. The maximum atomic E-state index is 13.6. The monoisotopic (exact) mass is 493 g/mol. The quantitative estimate of drug-likeness (QED) is 0.318. The van der Waals surface area contributed by atoms with Crippen molar-refractivity contribution >= 4 is 22.8 Å². The Hall–Kier alpha value is -5.11. The number of phenolic OH excluding ortho intramolecular Hbond substituents is 1. The van der Waals surface area contributed by atoms with Gasteiger partial charge in [-0.25, -0.2) is 14.2 Å². The molecule has 0 aliphatic heterocycles. The van der Waals surface area contributed by atoms with Gasteiger partial charge in [0.25, 0.3) is 11.5 Å². The molecule has 1 amide bonds. The predicted molar refractivity (Wildman–Crippen MR) is 140 cm³/mol. The molecule has 0 bridgehead atoms. The van der Waals surface area contributed by atoms with Gasteiger partial charge < -0.3 is 15.5 Å². The molecule has 0 fully saturated rings. The Morgan fingerprint density at radius 1 is 0.784 bits per heavy atom. The lowest BCUT2D eigenvalue weighted by molar-refractivity contribution is -0.139. The van der Waals surface area contributed by atoms with Crippen LogP contribution in [0.3, 0.4) is 0 Å². The molecule has 8 nitrogen and oxygen atoms in total. The van der Waals surface area contributed by atoms with Gasteiger partial charge in [-0.1, -0.05) is 48.5 Å². The second-order valence-corrected chi connectivity index (χ2v) is 8.57. The third-order valence-electron chi connectivity index (χ3n) is 6.09. The smallest absolute Gasteiger partial charge is 0.326 e. The minimum Gasteiger partial charge on any atom is -0.508 e. The molecule has 0 spiro atoms. The maximum Gasteiger partial charge on any atom is 0.326 e. The third-order valence-corrected chi connectivity index (χ3v) is 6.09. The number of nitrogens with one attached hydrogen (secondary N) is 1. The molecular formula is C29H23N3O5. The normalized spacial score (nSPS) is 11.8. The topological polar surface area (TPSA) is 114 Å². The Balaban J connectivity index is 1.54. The summed E-state index contributed by atoms with van der Waals surface area (Å²) in [6, 6.07) is 28.3. The van der Waals surface area contributed by atoms with Gasteiger partial charge in [0.1, 0.15) is 11.8 Å². The second kappa shape index (κ2) is 9.87. The number of para-hydroxylation sites is 2. The molecule has 0 saturated carbocycles. The highest BCUT2D eigenvalue weighted by Gasteiger charge is 2.23. The Morgan fingerprint density at radius 3 is 1.97 bits per heavy atom. The van der Waals surface area contributed by atoms with Crippen molar-refractivity contribution in [2.45, 2.75) is 12.5 Å². The molecule has 0 saturated heterocycles. The molecule has 1 heterocycles. The van der Waals surface area contributed by atoms with E-state index >= 15 is 0 Å². The molecule has 0 unspecified atom stereocenters. The number of phenols is 1. The summed E-state index contributed by atoms with van der Waals surface area (Å²) in [6.45, 7) is 0. The predicted octanol–water partition coefficient (Wildman–Crippen LogP) is 3.91. The number of fused-ring (bicyclic) bond motifs is 1. The zero-order valence-electron chi connectivity index (χ0n) is 19.6. The van der Waals surface area contributed by atoms with Gasteiger partial charge in [0.2, 0.25) is 0 Å². The first-order chi connectivity index (χ1) is 17.9. The van der Waals surface area contributed by atoms with Crippen LogP contribution in [0, 0.1) is 0 Å². The molecule has 37 heavy (non-hydrogen) atoms. The van der Waals surface area contributed by atoms with Crippen LogP contribution in [0.5, 0.6) is 5.75 Å². The standard InChI is InChI=1S/C29H23N3O5/c33-23-14-11-19(12-15-23)17-25(29(36)37)30-27(34)20-13-16-26-24(18-20)28(35)32(22-9-5-2-6-10-22)31(26)21-7-3-1-4-8-21/h1-16,18,25,33H,17H2,(H,30,34)(H,36,37)/t25-/m0/s1. The van der Waals surface area contributed by atoms with Crippen LogP contribution < -0.4 is 10.9 Å². The Labute approximate surface area is 211 Å². The number of aromatic hydroxyl groups is 1. The van der Waals surface area contributed by atoms with Crippen molar-refractivity contribution in [2.24, 2.45) is 0 Å². The third kappa shape index (κ3) is 4.72. The molecule has 1 atom stereocenters. The van der Waals surface area contributed by atoms with E-state index in [2.05, 4.69) is 5.32 Å². The van der Waals surface area contributed by atoms with E-state index in [1.54, 1.807) is 33.6 Å². The van der Waals surface area contributed by atoms with Crippen molar-refractivity contribution in [2.75, 3.05) is 0 Å². The van der Waals surface area contributed by atoms with Crippen LogP contribution in [0.15, 0.2) is 108 Å². The first-order valence-electron chi connectivity index (χ1n) is 11.6. The molecule has 3 N–H and O–H groups in total. The number of hydrogen-bond acceptors (Lipinski definition) is 4. The fourth-order valence-corrected chi connectivity index (χ4v) is 4.28. The van der Waals surface area contributed by atoms with Crippen molar-refractivity contribution in [3.63, 3.8) is 0 Å². The number of aromatic nitrogens is 2. The summed E-state index contributed by atoms with van der Waals surface area (Å²) in [7, 11) is 0. The minimum absolute atomic E-state index is 0.0365. The fraction of sp³-hybridized carbons (Fsp3) is 0.0690. The summed E-state index contributed by atoms with van der Waals surface area (Å²) in [5, 5.41) is 22.0. The molecule has 1 aromatic heterocycles. The first kappa shape index (κ1) is 23.6. The first-order valence-corrected chi connectivity index (χ1v) is 11.6. The van der Waals surface area contributed by atoms with Crippen LogP contribution >= 0.6 is 0 Å². The second-order valence-electron chi connectivity index (χ2n) is 8.57. The number of carboxylic acid groups (broad SMARTS) is 1. The molecule has 5 aromatic rings. The Morgan fingerprint density at radius 2 is 1.38 bits per heavy atom. The van der Waals surface area contributed by atoms with Crippen LogP contribution in [-0.4, -0.2) is 37.5 Å². The molecule has 0 radical (unpaired) electrons. The van der Waals surface area contributed by atoms with Gasteiger partial charge in [-0.15, -0.1) is 0 Å². The number of amides is 1. The van der Waals surface area contributed by atoms with Crippen molar-refractivity contribution < 1.29 is 19.8 Å². The lowest BCUT2D eigenvalue weighted by atomic mass is 10.0. The van der Waals surface area contributed by atoms with Gasteiger partial charge in [-0.2, -0.15) is 0 Å². The summed E-state index contributed by atoms with van der Waals surface area (Å²) in [6.07, 6.45) is 0.0365. The van der Waals surface area contributed by atoms with Crippen LogP contribution in [0.25, 0.3) is 22.3 Å². The zero-order chi connectivity index (χ0) is 25.9. The number of hydrogen-bond donors (Lipinski definition) is 3. The number of carboxylic acids is 1.